The van der Waals surface area contributed by atoms with Gasteiger partial charge in [-0.2, -0.15) is 0 Å². The van der Waals surface area contributed by atoms with E-state index in [4.69, 9.17) is 9.90 Å². The van der Waals surface area contributed by atoms with Crippen LogP contribution >= 0.6 is 0 Å². The molecule has 2 nitrogen and oxygen atoms in total. The number of carboxylic acid groups (broad SMARTS) is 1. The minimum Gasteiger partial charge on any atom is -0.481 e. The zero-order chi connectivity index (χ0) is 3.58. The largest absolute Gasteiger partial charge is 0.481 e. The van der Waals surface area contributed by atoms with Gasteiger partial charge in [0.2, 0.25) is 0 Å². The van der Waals surface area contributed by atoms with Gasteiger partial charge in [0.05, 0.1) is 0 Å². The van der Waals surface area contributed by atoms with Crippen LogP contribution in [0, 0.1) is 7.43 Å². The van der Waals surface area contributed by atoms with Crippen molar-refractivity contribution in [1.82, 2.24) is 0 Å². The molecule has 0 amide bonds. The minimum atomic E-state index is -0.833. The van der Waals surface area contributed by atoms with Crippen molar-refractivity contribution in [2.75, 3.05) is 0 Å². The third kappa shape index (κ3) is 26.7. The molecule has 31 valence electrons. The van der Waals surface area contributed by atoms with Gasteiger partial charge in [-0.3, -0.25) is 4.79 Å². The molecule has 0 unspecified atom stereocenters. The Morgan fingerprint density at radius 1 is 1.80 bits per heavy atom. The fourth-order valence-electron chi connectivity index (χ4n) is 0. The van der Waals surface area contributed by atoms with E-state index in [2.05, 4.69) is 0 Å². The van der Waals surface area contributed by atoms with Gasteiger partial charge in [0.1, 0.15) is 0 Å². The zero-order valence-electron chi connectivity index (χ0n) is 3.36. The Balaban J connectivity index is 0. The third-order valence-corrected chi connectivity index (χ3v) is 0. The van der Waals surface area contributed by atoms with Gasteiger partial charge in [-0.1, -0.05) is 7.43 Å². The topological polar surface area (TPSA) is 37.3 Å². The molecule has 5 heavy (non-hydrogen) atoms. The molecule has 0 aliphatic rings. The van der Waals surface area contributed by atoms with Gasteiger partial charge in [0, 0.05) is 6.92 Å². The number of aliphatic carboxylic acids is 1. The molecule has 0 aliphatic carbocycles. The first-order valence-electron chi connectivity index (χ1n) is 0.928. The lowest BCUT2D eigenvalue weighted by atomic mass is 10.9. The Hall–Kier alpha value is -0.530. The van der Waals surface area contributed by atoms with Crippen LogP contribution in [0.15, 0.2) is 0 Å². The van der Waals surface area contributed by atoms with Gasteiger partial charge < -0.3 is 5.11 Å². The Labute approximate surface area is 31.4 Å². The smallest absolute Gasteiger partial charge is 0.300 e. The van der Waals surface area contributed by atoms with Crippen LogP contribution < -0.4 is 0 Å². The first kappa shape index (κ1) is 8.82. The lowest BCUT2D eigenvalue weighted by Crippen LogP contribution is -1.78. The molecule has 1 radical (unpaired) electrons. The second-order valence-corrected chi connectivity index (χ2v) is 0.519. The molecule has 0 aliphatic heterocycles. The van der Waals surface area contributed by atoms with Crippen LogP contribution in [0.3, 0.4) is 0 Å². The van der Waals surface area contributed by atoms with E-state index in [1.54, 1.807) is 0 Å². The van der Waals surface area contributed by atoms with E-state index < -0.39 is 5.97 Å². The van der Waals surface area contributed by atoms with Crippen molar-refractivity contribution < 1.29 is 9.90 Å². The molecule has 0 atom stereocenters. The Bertz CT molecular complexity index is 27.9. The molecule has 0 aromatic heterocycles. The minimum absolute atomic E-state index is 0. The van der Waals surface area contributed by atoms with Crippen LogP contribution in [0.1, 0.15) is 6.92 Å². The highest BCUT2D eigenvalue weighted by atomic mass is 16.4. The third-order valence-electron chi connectivity index (χ3n) is 0. The van der Waals surface area contributed by atoms with Crippen molar-refractivity contribution in [1.29, 1.82) is 0 Å². The van der Waals surface area contributed by atoms with Crippen LogP contribution in [-0.4, -0.2) is 11.1 Å². The Morgan fingerprint density at radius 2 is 1.80 bits per heavy atom. The van der Waals surface area contributed by atoms with E-state index in [1.165, 1.54) is 0 Å². The summed E-state index contributed by atoms with van der Waals surface area (Å²) in [6, 6.07) is 0. The summed E-state index contributed by atoms with van der Waals surface area (Å²) in [5.41, 5.74) is 0. The summed E-state index contributed by atoms with van der Waals surface area (Å²) in [6.07, 6.45) is 0. The first-order chi connectivity index (χ1) is 1.73. The maximum atomic E-state index is 9.00. The van der Waals surface area contributed by atoms with Gasteiger partial charge in [0.15, 0.2) is 0 Å². The predicted octanol–water partition coefficient (Wildman–Crippen LogP) is 0.541. The van der Waals surface area contributed by atoms with E-state index in [9.17, 15) is 0 Å². The van der Waals surface area contributed by atoms with Crippen molar-refractivity contribution in [3.63, 3.8) is 0 Å². The molecule has 0 rings (SSSR count). The molecule has 0 aromatic carbocycles. The molecule has 0 saturated carbocycles. The van der Waals surface area contributed by atoms with E-state index in [0.29, 0.717) is 0 Å². The van der Waals surface area contributed by atoms with Gasteiger partial charge in [-0.15, -0.1) is 0 Å². The van der Waals surface area contributed by atoms with E-state index in [1.807, 2.05) is 0 Å². The maximum absolute atomic E-state index is 9.00. The van der Waals surface area contributed by atoms with Crippen LogP contribution in [-0.2, 0) is 4.79 Å². The van der Waals surface area contributed by atoms with Gasteiger partial charge in [0.25, 0.3) is 5.97 Å². The van der Waals surface area contributed by atoms with E-state index >= 15 is 0 Å². The van der Waals surface area contributed by atoms with Crippen molar-refractivity contribution in [2.45, 2.75) is 6.92 Å². The summed E-state index contributed by atoms with van der Waals surface area (Å²) in [4.78, 5) is 9.00. The molecular formula is C3H7O2. The number of carbonyl (C=O) groups is 1. The molecule has 2 heteroatoms. The van der Waals surface area contributed by atoms with Crippen molar-refractivity contribution >= 4 is 5.97 Å². The summed E-state index contributed by atoms with van der Waals surface area (Å²) in [5.74, 6) is -0.833. The fourth-order valence-corrected chi connectivity index (χ4v) is 0. The summed E-state index contributed by atoms with van der Waals surface area (Å²) >= 11 is 0. The highest BCUT2D eigenvalue weighted by molar-refractivity contribution is 5.62. The summed E-state index contributed by atoms with van der Waals surface area (Å²) < 4.78 is 0. The average molecular weight is 75.1 g/mol. The highest BCUT2D eigenvalue weighted by Crippen LogP contribution is 1.42. The summed E-state index contributed by atoms with van der Waals surface area (Å²) in [6.45, 7) is 1.08. The monoisotopic (exact) mass is 75.0 g/mol. The van der Waals surface area contributed by atoms with Crippen LogP contribution in [0.2, 0.25) is 0 Å². The average Bonchev–Trinajstić information content (AvgIpc) is 0.811. The zero-order valence-corrected chi connectivity index (χ0v) is 3.36. The standard InChI is InChI=1S/C2H4O2.CH3/c1-2(3)4;/h1H3,(H,3,4);1H3. The summed E-state index contributed by atoms with van der Waals surface area (Å²) in [7, 11) is 0. The molecule has 0 spiro atoms. The highest BCUT2D eigenvalue weighted by Gasteiger charge is 1.65. The van der Waals surface area contributed by atoms with E-state index in [0.717, 1.165) is 6.92 Å². The SMILES string of the molecule is CC(=O)O.[CH3]. The van der Waals surface area contributed by atoms with Crippen molar-refractivity contribution in [2.24, 2.45) is 0 Å². The predicted molar refractivity (Wildman–Crippen MR) is 19.7 cm³/mol. The Morgan fingerprint density at radius 3 is 1.80 bits per heavy atom. The van der Waals surface area contributed by atoms with Gasteiger partial charge in [-0.05, 0) is 0 Å². The second-order valence-electron chi connectivity index (χ2n) is 0.519. The number of hydrogen-bond donors (Lipinski definition) is 1. The van der Waals surface area contributed by atoms with Gasteiger partial charge in [-0.25, -0.2) is 0 Å². The molecule has 1 N–H and O–H groups in total. The Kier molecular flexibility index (Phi) is 6.12. The normalized spacial score (nSPS) is 5.00. The second kappa shape index (κ2) is 3.47. The number of carboxylic acids is 1. The number of hydrogen-bond acceptors (Lipinski definition) is 1. The molecule has 0 bridgehead atoms. The quantitative estimate of drug-likeness (QED) is 0.456. The van der Waals surface area contributed by atoms with Crippen molar-refractivity contribution in [3.05, 3.63) is 7.43 Å². The molecule has 0 heterocycles. The molecular weight excluding hydrogens is 68.0 g/mol. The lowest BCUT2D eigenvalue weighted by molar-refractivity contribution is -0.134. The molecule has 0 fully saturated rings. The van der Waals surface area contributed by atoms with Gasteiger partial charge >= 0.3 is 0 Å². The van der Waals surface area contributed by atoms with Crippen molar-refractivity contribution in [3.8, 4) is 0 Å². The lowest BCUT2D eigenvalue weighted by Gasteiger charge is -1.59. The fraction of sp³-hybridized carbons (Fsp3) is 0.333. The summed E-state index contributed by atoms with van der Waals surface area (Å²) in [5, 5.41) is 7.42. The first-order valence-corrected chi connectivity index (χ1v) is 0.928. The maximum Gasteiger partial charge on any atom is 0.300 e. The number of rotatable bonds is 0. The van der Waals surface area contributed by atoms with E-state index in [-0.39, 0.29) is 7.43 Å². The molecule has 0 aromatic rings. The molecule has 0 saturated heterocycles. The van der Waals surface area contributed by atoms with Crippen LogP contribution in [0.5, 0.6) is 0 Å². The van der Waals surface area contributed by atoms with Crippen LogP contribution in [0.4, 0.5) is 0 Å². The van der Waals surface area contributed by atoms with Crippen LogP contribution in [0.25, 0.3) is 0 Å².